The highest BCUT2D eigenvalue weighted by Gasteiger charge is 2.19. The van der Waals surface area contributed by atoms with Crippen LogP contribution in [0.2, 0.25) is 0 Å². The van der Waals surface area contributed by atoms with Gasteiger partial charge in [0.15, 0.2) is 5.82 Å². The third-order valence-electron chi connectivity index (χ3n) is 12.7. The third-order valence-corrected chi connectivity index (χ3v) is 12.7. The molecule has 0 fully saturated rings. The highest BCUT2D eigenvalue weighted by molar-refractivity contribution is 6.27. The van der Waals surface area contributed by atoms with Gasteiger partial charge in [-0.25, -0.2) is 9.97 Å². The molecule has 1 heterocycles. The van der Waals surface area contributed by atoms with Crippen molar-refractivity contribution in [3.63, 3.8) is 0 Å². The zero-order chi connectivity index (χ0) is 42.4. The maximum Gasteiger partial charge on any atom is 0.160 e. The second-order valence-electron chi connectivity index (χ2n) is 16.5. The van der Waals surface area contributed by atoms with Crippen LogP contribution in [0, 0.1) is 0 Å². The molecule has 0 aliphatic carbocycles. The van der Waals surface area contributed by atoms with Gasteiger partial charge in [0.2, 0.25) is 0 Å². The number of aromatic nitrogens is 2. The van der Waals surface area contributed by atoms with Gasteiger partial charge in [0, 0.05) is 16.7 Å². The first-order chi connectivity index (χ1) is 31.7. The number of hydrogen-bond acceptors (Lipinski definition) is 2. The van der Waals surface area contributed by atoms with Gasteiger partial charge in [-0.3, -0.25) is 0 Å². The molecule has 0 bridgehead atoms. The zero-order valence-corrected chi connectivity index (χ0v) is 35.0. The normalized spacial score (nSPS) is 11.4. The molecule has 0 spiro atoms. The van der Waals surface area contributed by atoms with Crippen LogP contribution in [-0.2, 0) is 0 Å². The summed E-state index contributed by atoms with van der Waals surface area (Å²) in [5.74, 6) is 0.702. The van der Waals surface area contributed by atoms with Crippen molar-refractivity contribution >= 4 is 43.1 Å². The van der Waals surface area contributed by atoms with Crippen LogP contribution < -0.4 is 0 Å². The first-order valence-electron chi connectivity index (χ1n) is 21.9. The smallest absolute Gasteiger partial charge is 0.160 e. The highest BCUT2D eigenvalue weighted by atomic mass is 14.9. The molecule has 12 rings (SSSR count). The molecular formula is C62H40N2. The molecule has 0 aliphatic heterocycles. The quantitative estimate of drug-likeness (QED) is 0.118. The van der Waals surface area contributed by atoms with E-state index in [0.717, 1.165) is 44.8 Å². The van der Waals surface area contributed by atoms with Gasteiger partial charge in [-0.05, 0) is 99.7 Å². The summed E-state index contributed by atoms with van der Waals surface area (Å²) in [5, 5.41) is 10.0. The maximum absolute atomic E-state index is 5.16. The average molecular weight is 813 g/mol. The predicted octanol–water partition coefficient (Wildman–Crippen LogP) is 16.8. The summed E-state index contributed by atoms with van der Waals surface area (Å²) in [5.41, 5.74) is 14.5. The van der Waals surface area contributed by atoms with E-state index in [2.05, 4.69) is 224 Å². The lowest BCUT2D eigenvalue weighted by Crippen LogP contribution is -1.96. The van der Waals surface area contributed by atoms with Gasteiger partial charge in [-0.1, -0.05) is 231 Å². The molecule has 12 aromatic rings. The molecule has 0 saturated heterocycles. The predicted molar refractivity (Wildman–Crippen MR) is 270 cm³/mol. The topological polar surface area (TPSA) is 25.8 Å². The first kappa shape index (κ1) is 37.3. The number of hydrogen-bond donors (Lipinski definition) is 0. The lowest BCUT2D eigenvalue weighted by atomic mass is 9.84. The van der Waals surface area contributed by atoms with E-state index in [9.17, 15) is 0 Å². The molecule has 0 unspecified atom stereocenters. The van der Waals surface area contributed by atoms with Crippen molar-refractivity contribution in [2.75, 3.05) is 0 Å². The fraction of sp³-hybridized carbons (Fsp3) is 0. The minimum atomic E-state index is 0.702. The Balaban J connectivity index is 0.925. The molecule has 64 heavy (non-hydrogen) atoms. The molecule has 0 amide bonds. The lowest BCUT2D eigenvalue weighted by Gasteiger charge is -2.19. The third kappa shape index (κ3) is 6.61. The molecule has 0 atom stereocenters. The van der Waals surface area contributed by atoms with Crippen LogP contribution in [0.15, 0.2) is 243 Å². The monoisotopic (exact) mass is 812 g/mol. The van der Waals surface area contributed by atoms with Gasteiger partial charge in [-0.15, -0.1) is 0 Å². The molecule has 0 radical (unpaired) electrons. The summed E-state index contributed by atoms with van der Waals surface area (Å²) in [6, 6.07) is 87.2. The number of benzene rings is 11. The largest absolute Gasteiger partial charge is 0.228 e. The van der Waals surface area contributed by atoms with E-state index in [0.29, 0.717) is 5.82 Å². The zero-order valence-electron chi connectivity index (χ0n) is 35.0. The van der Waals surface area contributed by atoms with E-state index in [1.807, 2.05) is 18.2 Å². The average Bonchev–Trinajstić information content (AvgIpc) is 3.38. The van der Waals surface area contributed by atoms with Gasteiger partial charge in [0.25, 0.3) is 0 Å². The summed E-state index contributed by atoms with van der Waals surface area (Å²) < 4.78 is 0. The van der Waals surface area contributed by atoms with E-state index < -0.39 is 0 Å². The van der Waals surface area contributed by atoms with Crippen LogP contribution >= 0.6 is 0 Å². The molecule has 0 aliphatic rings. The molecule has 2 nitrogen and oxygen atoms in total. The first-order valence-corrected chi connectivity index (χ1v) is 21.9. The summed E-state index contributed by atoms with van der Waals surface area (Å²) in [7, 11) is 0. The summed E-state index contributed by atoms with van der Waals surface area (Å²) in [6.07, 6.45) is 0. The SMILES string of the molecule is c1ccc(-c2nc(-c3ccc(-c4ccc(-c5c6ccccc6c(-c6ccccc6)c6c5ccc5ccccc56)cc4)cc3)cc(-c3cccc(-c4cccc5ccccc45)c3)n2)cc1. The van der Waals surface area contributed by atoms with Crippen molar-refractivity contribution in [2.45, 2.75) is 0 Å². The van der Waals surface area contributed by atoms with Gasteiger partial charge < -0.3 is 0 Å². The summed E-state index contributed by atoms with van der Waals surface area (Å²) in [6.45, 7) is 0. The molecule has 298 valence electrons. The van der Waals surface area contributed by atoms with Crippen molar-refractivity contribution in [2.24, 2.45) is 0 Å². The minimum absolute atomic E-state index is 0.702. The molecular weight excluding hydrogens is 773 g/mol. The number of nitrogens with zero attached hydrogens (tertiary/aromatic N) is 2. The summed E-state index contributed by atoms with van der Waals surface area (Å²) >= 11 is 0. The van der Waals surface area contributed by atoms with Crippen molar-refractivity contribution in [1.82, 2.24) is 9.97 Å². The van der Waals surface area contributed by atoms with E-state index in [4.69, 9.17) is 9.97 Å². The molecule has 1 aromatic heterocycles. The Morgan fingerprint density at radius 2 is 0.703 bits per heavy atom. The fourth-order valence-corrected chi connectivity index (χ4v) is 9.61. The Morgan fingerprint density at radius 1 is 0.234 bits per heavy atom. The maximum atomic E-state index is 5.16. The molecule has 2 heteroatoms. The van der Waals surface area contributed by atoms with E-state index in [-0.39, 0.29) is 0 Å². The molecule has 11 aromatic carbocycles. The molecule has 0 N–H and O–H groups in total. The van der Waals surface area contributed by atoms with Crippen molar-refractivity contribution in [3.8, 4) is 78.4 Å². The Labute approximate surface area is 372 Å². The Kier molecular flexibility index (Phi) is 9.20. The highest BCUT2D eigenvalue weighted by Crippen LogP contribution is 2.46. The second kappa shape index (κ2) is 15.8. The second-order valence-corrected chi connectivity index (χ2v) is 16.5. The van der Waals surface area contributed by atoms with Crippen LogP contribution in [-0.4, -0.2) is 9.97 Å². The van der Waals surface area contributed by atoms with Crippen LogP contribution in [0.4, 0.5) is 0 Å². The van der Waals surface area contributed by atoms with Crippen LogP contribution in [0.5, 0.6) is 0 Å². The van der Waals surface area contributed by atoms with Gasteiger partial charge in [0.05, 0.1) is 11.4 Å². The number of rotatable bonds is 7. The number of fused-ring (bicyclic) bond motifs is 5. The Morgan fingerprint density at radius 3 is 1.41 bits per heavy atom. The standard InChI is InChI=1S/C62H40N2/c1-3-17-46(18-4-1)60-55-27-12-11-26-54(55)59(56-38-37-44-16-8-10-25-53(44)61(56)60)47-35-31-42(32-36-47)41-29-33-45(34-30-41)57-40-58(64-62(63-57)48-19-5-2-6-20-48)50-23-13-22-49(39-50)52-28-14-21-43-15-7-9-24-51(43)52/h1-40H. The van der Waals surface area contributed by atoms with E-state index in [1.54, 1.807) is 0 Å². The van der Waals surface area contributed by atoms with E-state index >= 15 is 0 Å². The Bertz CT molecular complexity index is 3680. The van der Waals surface area contributed by atoms with Crippen LogP contribution in [0.3, 0.4) is 0 Å². The summed E-state index contributed by atoms with van der Waals surface area (Å²) in [4.78, 5) is 10.3. The lowest BCUT2D eigenvalue weighted by molar-refractivity contribution is 1.18. The Hall–Kier alpha value is -8.46. The van der Waals surface area contributed by atoms with Gasteiger partial charge in [-0.2, -0.15) is 0 Å². The van der Waals surface area contributed by atoms with Crippen molar-refractivity contribution < 1.29 is 0 Å². The minimum Gasteiger partial charge on any atom is -0.228 e. The molecule has 0 saturated carbocycles. The van der Waals surface area contributed by atoms with Crippen LogP contribution in [0.25, 0.3) is 122 Å². The van der Waals surface area contributed by atoms with Crippen molar-refractivity contribution in [1.29, 1.82) is 0 Å². The van der Waals surface area contributed by atoms with E-state index in [1.165, 1.54) is 70.9 Å². The van der Waals surface area contributed by atoms with Crippen molar-refractivity contribution in [3.05, 3.63) is 243 Å². The van der Waals surface area contributed by atoms with Gasteiger partial charge in [0.1, 0.15) is 0 Å². The fourth-order valence-electron chi connectivity index (χ4n) is 9.61. The van der Waals surface area contributed by atoms with Crippen LogP contribution in [0.1, 0.15) is 0 Å². The van der Waals surface area contributed by atoms with Gasteiger partial charge >= 0.3 is 0 Å².